The van der Waals surface area contributed by atoms with Crippen LogP contribution in [0.4, 0.5) is 19.0 Å². The summed E-state index contributed by atoms with van der Waals surface area (Å²) in [7, 11) is 0. The van der Waals surface area contributed by atoms with Crippen molar-refractivity contribution in [3.05, 3.63) is 72.1 Å². The largest absolute Gasteiger partial charge is 0.451 e. The molecule has 6 nitrogen and oxygen atoms in total. The van der Waals surface area contributed by atoms with E-state index in [2.05, 4.69) is 14.8 Å². The first-order chi connectivity index (χ1) is 15.9. The number of carbonyl (C=O) groups excluding carboxylic acids is 1. The molecule has 0 N–H and O–H groups in total. The molecule has 0 radical (unpaired) electrons. The minimum atomic E-state index is -4.43. The van der Waals surface area contributed by atoms with Gasteiger partial charge in [0, 0.05) is 57.1 Å². The van der Waals surface area contributed by atoms with E-state index in [-0.39, 0.29) is 23.0 Å². The first-order valence-corrected chi connectivity index (χ1v) is 10.9. The standard InChI is InChI=1S/C24H23F3N4O2/c25-24(26,27)18-5-3-4-17(14-18)20-7-8-21(33-20)23(32)31-15-19(16-31)29-10-12-30(13-11-29)22-6-1-2-9-28-22/h1-9,14,19H,10-13,15-16H2. The molecule has 0 bridgehead atoms. The fraction of sp³-hybridized carbons (Fsp3) is 0.333. The molecule has 2 aromatic heterocycles. The number of amides is 1. The van der Waals surface area contributed by atoms with Crippen LogP contribution >= 0.6 is 0 Å². The number of carbonyl (C=O) groups is 1. The number of anilines is 1. The lowest BCUT2D eigenvalue weighted by atomic mass is 10.1. The van der Waals surface area contributed by atoms with E-state index in [1.54, 1.807) is 11.1 Å². The molecule has 0 spiro atoms. The van der Waals surface area contributed by atoms with Crippen LogP contribution in [0.1, 0.15) is 16.1 Å². The molecule has 33 heavy (non-hydrogen) atoms. The van der Waals surface area contributed by atoms with E-state index < -0.39 is 11.7 Å². The van der Waals surface area contributed by atoms with Crippen LogP contribution in [0.5, 0.6) is 0 Å². The maximum Gasteiger partial charge on any atom is 0.416 e. The summed E-state index contributed by atoms with van der Waals surface area (Å²) in [4.78, 5) is 23.5. The van der Waals surface area contributed by atoms with Gasteiger partial charge in [0.2, 0.25) is 0 Å². The normalized spacial score (nSPS) is 17.8. The third-order valence-electron chi connectivity index (χ3n) is 6.24. The minimum absolute atomic E-state index is 0.140. The zero-order valence-electron chi connectivity index (χ0n) is 17.8. The van der Waals surface area contributed by atoms with Crippen LogP contribution in [0.2, 0.25) is 0 Å². The summed E-state index contributed by atoms with van der Waals surface area (Å²) in [6.45, 7) is 4.82. The van der Waals surface area contributed by atoms with Gasteiger partial charge in [-0.05, 0) is 36.4 Å². The van der Waals surface area contributed by atoms with Crippen LogP contribution in [0, 0.1) is 0 Å². The number of alkyl halides is 3. The molecule has 2 fully saturated rings. The van der Waals surface area contributed by atoms with Crippen molar-refractivity contribution in [2.75, 3.05) is 44.2 Å². The fourth-order valence-electron chi connectivity index (χ4n) is 4.32. The molecule has 2 aliphatic heterocycles. The molecule has 172 valence electrons. The second-order valence-corrected chi connectivity index (χ2v) is 8.32. The topological polar surface area (TPSA) is 52.8 Å². The summed E-state index contributed by atoms with van der Waals surface area (Å²) in [6.07, 6.45) is -2.64. The minimum Gasteiger partial charge on any atom is -0.451 e. The van der Waals surface area contributed by atoms with Crippen molar-refractivity contribution in [3.8, 4) is 11.3 Å². The van der Waals surface area contributed by atoms with Gasteiger partial charge >= 0.3 is 6.18 Å². The number of likely N-dealkylation sites (tertiary alicyclic amines) is 1. The molecule has 0 atom stereocenters. The van der Waals surface area contributed by atoms with Gasteiger partial charge in [0.05, 0.1) is 5.56 Å². The highest BCUT2D eigenvalue weighted by atomic mass is 19.4. The number of hydrogen-bond acceptors (Lipinski definition) is 5. The molecule has 4 heterocycles. The van der Waals surface area contributed by atoms with E-state index in [0.29, 0.717) is 19.1 Å². The Morgan fingerprint density at radius 2 is 1.76 bits per heavy atom. The van der Waals surface area contributed by atoms with Gasteiger partial charge in [-0.2, -0.15) is 13.2 Å². The summed E-state index contributed by atoms with van der Waals surface area (Å²) in [5.74, 6) is 1.13. The summed E-state index contributed by atoms with van der Waals surface area (Å²) in [6, 6.07) is 14.2. The number of piperazine rings is 1. The van der Waals surface area contributed by atoms with Crippen molar-refractivity contribution in [1.82, 2.24) is 14.8 Å². The first kappa shape index (κ1) is 21.5. The number of benzene rings is 1. The first-order valence-electron chi connectivity index (χ1n) is 10.9. The molecule has 1 amide bonds. The van der Waals surface area contributed by atoms with E-state index in [1.165, 1.54) is 24.3 Å². The molecule has 2 aliphatic rings. The molecule has 0 unspecified atom stereocenters. The van der Waals surface area contributed by atoms with Crippen molar-refractivity contribution < 1.29 is 22.4 Å². The summed E-state index contributed by atoms with van der Waals surface area (Å²) in [5.41, 5.74) is -0.464. The van der Waals surface area contributed by atoms with Gasteiger partial charge in [-0.15, -0.1) is 0 Å². The van der Waals surface area contributed by atoms with E-state index in [4.69, 9.17) is 4.42 Å². The quantitative estimate of drug-likeness (QED) is 0.594. The summed E-state index contributed by atoms with van der Waals surface area (Å²) >= 11 is 0. The van der Waals surface area contributed by atoms with E-state index in [0.717, 1.165) is 44.1 Å². The molecule has 0 saturated carbocycles. The SMILES string of the molecule is O=C(c1ccc(-c2cccc(C(F)(F)F)c2)o1)N1CC(N2CCN(c3ccccn3)CC2)C1. The van der Waals surface area contributed by atoms with Crippen molar-refractivity contribution in [2.24, 2.45) is 0 Å². The van der Waals surface area contributed by atoms with Crippen LogP contribution < -0.4 is 4.90 Å². The predicted molar refractivity (Wildman–Crippen MR) is 117 cm³/mol. The third kappa shape index (κ3) is 4.45. The monoisotopic (exact) mass is 456 g/mol. The highest BCUT2D eigenvalue weighted by Gasteiger charge is 2.37. The third-order valence-corrected chi connectivity index (χ3v) is 6.24. The lowest BCUT2D eigenvalue weighted by Gasteiger charge is -2.48. The average Bonchev–Trinajstić information content (AvgIpc) is 3.29. The number of furan rings is 1. The Hall–Kier alpha value is -3.33. The summed E-state index contributed by atoms with van der Waals surface area (Å²) < 4.78 is 44.5. The van der Waals surface area contributed by atoms with E-state index in [1.807, 2.05) is 18.2 Å². The molecular formula is C24H23F3N4O2. The number of halogens is 3. The Kier molecular flexibility index (Phi) is 5.57. The van der Waals surface area contributed by atoms with Gasteiger partial charge in [-0.1, -0.05) is 18.2 Å². The molecular weight excluding hydrogens is 433 g/mol. The van der Waals surface area contributed by atoms with Gasteiger partial charge in [0.15, 0.2) is 5.76 Å². The smallest absolute Gasteiger partial charge is 0.416 e. The van der Waals surface area contributed by atoms with Crippen molar-refractivity contribution in [3.63, 3.8) is 0 Å². The zero-order chi connectivity index (χ0) is 23.0. The van der Waals surface area contributed by atoms with Gasteiger partial charge < -0.3 is 14.2 Å². The molecule has 1 aromatic carbocycles. The Labute approximate surface area is 189 Å². The second-order valence-electron chi connectivity index (χ2n) is 8.32. The maximum absolute atomic E-state index is 13.0. The molecule has 0 aliphatic carbocycles. The average molecular weight is 456 g/mol. The van der Waals surface area contributed by atoms with Crippen LogP contribution in [0.3, 0.4) is 0 Å². The maximum atomic E-state index is 13.0. The lowest BCUT2D eigenvalue weighted by Crippen LogP contribution is -2.64. The van der Waals surface area contributed by atoms with Crippen molar-refractivity contribution in [1.29, 1.82) is 0 Å². The van der Waals surface area contributed by atoms with Crippen LogP contribution in [-0.2, 0) is 6.18 Å². The van der Waals surface area contributed by atoms with Gasteiger partial charge in [0.1, 0.15) is 11.6 Å². The van der Waals surface area contributed by atoms with Gasteiger partial charge in [-0.25, -0.2) is 4.98 Å². The van der Waals surface area contributed by atoms with Crippen molar-refractivity contribution >= 4 is 11.7 Å². The van der Waals surface area contributed by atoms with Crippen LogP contribution in [0.15, 0.2) is 65.2 Å². The highest BCUT2D eigenvalue weighted by molar-refractivity contribution is 5.92. The Balaban J connectivity index is 1.16. The number of pyridine rings is 1. The van der Waals surface area contributed by atoms with Crippen LogP contribution in [-0.4, -0.2) is 66.0 Å². The highest BCUT2D eigenvalue weighted by Crippen LogP contribution is 2.33. The molecule has 5 rings (SSSR count). The number of hydrogen-bond donors (Lipinski definition) is 0. The zero-order valence-corrected chi connectivity index (χ0v) is 17.8. The number of nitrogens with zero attached hydrogens (tertiary/aromatic N) is 4. The number of rotatable bonds is 4. The lowest BCUT2D eigenvalue weighted by molar-refractivity contribution is -0.137. The molecule has 9 heteroatoms. The van der Waals surface area contributed by atoms with E-state index in [9.17, 15) is 18.0 Å². The van der Waals surface area contributed by atoms with Gasteiger partial charge in [-0.3, -0.25) is 9.69 Å². The fourth-order valence-corrected chi connectivity index (χ4v) is 4.32. The molecule has 2 saturated heterocycles. The van der Waals surface area contributed by atoms with E-state index >= 15 is 0 Å². The predicted octanol–water partition coefficient (Wildman–Crippen LogP) is 4.01. The Morgan fingerprint density at radius 3 is 2.45 bits per heavy atom. The Bertz CT molecular complexity index is 1120. The Morgan fingerprint density at radius 1 is 0.970 bits per heavy atom. The van der Waals surface area contributed by atoms with Gasteiger partial charge in [0.25, 0.3) is 5.91 Å². The second kappa shape index (κ2) is 8.55. The molecule has 3 aromatic rings. The van der Waals surface area contributed by atoms with Crippen molar-refractivity contribution in [2.45, 2.75) is 12.2 Å². The van der Waals surface area contributed by atoms with Crippen LogP contribution in [0.25, 0.3) is 11.3 Å². The number of aromatic nitrogens is 1. The summed E-state index contributed by atoms with van der Waals surface area (Å²) in [5, 5.41) is 0.